The van der Waals surface area contributed by atoms with Gasteiger partial charge in [0.25, 0.3) is 5.91 Å². The number of hydrogen-bond donors (Lipinski definition) is 4. The number of halogens is 2. The molecule has 1 aliphatic heterocycles. The predicted octanol–water partition coefficient (Wildman–Crippen LogP) is 4.03. The summed E-state index contributed by atoms with van der Waals surface area (Å²) in [6, 6.07) is 11.0. The van der Waals surface area contributed by atoms with Gasteiger partial charge in [-0.25, -0.2) is 4.79 Å². The van der Waals surface area contributed by atoms with Crippen LogP contribution in [0.4, 0.5) is 0 Å². The molecule has 1 saturated carbocycles. The molecule has 4 N–H and O–H groups in total. The lowest BCUT2D eigenvalue weighted by Gasteiger charge is -2.31. The first kappa shape index (κ1) is 27.9. The molecule has 2 aliphatic rings. The molecule has 3 atom stereocenters. The molecule has 0 unspecified atom stereocenters. The van der Waals surface area contributed by atoms with E-state index in [-0.39, 0.29) is 39.8 Å². The third-order valence-electron chi connectivity index (χ3n) is 7.00. The Morgan fingerprint density at radius 1 is 1.03 bits per heavy atom. The van der Waals surface area contributed by atoms with E-state index in [4.69, 9.17) is 23.2 Å². The number of amides is 1. The fourth-order valence-electron chi connectivity index (χ4n) is 4.96. The maximum Gasteiger partial charge on any atom is 0.326 e. The highest BCUT2D eigenvalue weighted by atomic mass is 35.5. The van der Waals surface area contributed by atoms with Gasteiger partial charge in [-0.15, -0.1) is 0 Å². The maximum atomic E-state index is 13.0. The fraction of sp³-hybridized carbons (Fsp3) is 0.429. The molecular weight excluding hydrogens is 527 g/mol. The summed E-state index contributed by atoms with van der Waals surface area (Å²) >= 11 is 12.2. The molecule has 1 amide bonds. The van der Waals surface area contributed by atoms with Crippen molar-refractivity contribution in [2.45, 2.75) is 57.0 Å². The van der Waals surface area contributed by atoms with E-state index in [9.17, 15) is 19.5 Å². The first-order chi connectivity index (χ1) is 18.3. The molecule has 2 aromatic rings. The van der Waals surface area contributed by atoms with E-state index in [0.29, 0.717) is 6.42 Å². The second-order valence-electron chi connectivity index (χ2n) is 9.84. The largest absolute Gasteiger partial charge is 0.480 e. The average molecular weight is 559 g/mol. The third kappa shape index (κ3) is 7.48. The number of ketones is 1. The minimum atomic E-state index is -1.17. The molecule has 38 heavy (non-hydrogen) atoms. The lowest BCUT2D eigenvalue weighted by atomic mass is 9.81. The lowest BCUT2D eigenvalue weighted by Crippen LogP contribution is -2.47. The van der Waals surface area contributed by atoms with Crippen molar-refractivity contribution in [3.8, 4) is 0 Å². The average Bonchev–Trinajstić information content (AvgIpc) is 2.90. The van der Waals surface area contributed by atoms with E-state index in [2.05, 4.69) is 20.9 Å². The van der Waals surface area contributed by atoms with E-state index in [1.54, 1.807) is 18.2 Å². The molecule has 1 heterocycles. The maximum absolute atomic E-state index is 13.0. The van der Waals surface area contributed by atoms with Crippen LogP contribution in [0.2, 0.25) is 10.0 Å². The molecule has 0 radical (unpaired) electrons. The molecule has 2 aromatic carbocycles. The Morgan fingerprint density at radius 2 is 1.74 bits per heavy atom. The van der Waals surface area contributed by atoms with Crippen LogP contribution >= 0.6 is 23.2 Å². The van der Waals surface area contributed by atoms with Crippen LogP contribution in [0.3, 0.4) is 0 Å². The number of benzene rings is 2. The zero-order valence-corrected chi connectivity index (χ0v) is 22.5. The van der Waals surface area contributed by atoms with Crippen molar-refractivity contribution in [3.63, 3.8) is 0 Å². The van der Waals surface area contributed by atoms with Gasteiger partial charge in [-0.1, -0.05) is 60.0 Å². The van der Waals surface area contributed by atoms with Crippen molar-refractivity contribution in [1.29, 1.82) is 0 Å². The molecular formula is C28H32Cl2N4O4. The molecule has 0 spiro atoms. The highest BCUT2D eigenvalue weighted by Gasteiger charge is 2.28. The molecule has 202 valence electrons. The normalized spacial score (nSPS) is 20.0. The highest BCUT2D eigenvalue weighted by molar-refractivity contribution is 6.39. The topological polar surface area (TPSA) is 120 Å². The van der Waals surface area contributed by atoms with Gasteiger partial charge in [0.1, 0.15) is 11.8 Å². The molecule has 8 nitrogen and oxygen atoms in total. The minimum Gasteiger partial charge on any atom is -0.480 e. The van der Waals surface area contributed by atoms with Crippen LogP contribution in [0.1, 0.15) is 53.6 Å². The Hall–Kier alpha value is -3.10. The van der Waals surface area contributed by atoms with E-state index >= 15 is 0 Å². The van der Waals surface area contributed by atoms with Crippen molar-refractivity contribution in [2.24, 2.45) is 10.9 Å². The Balaban J connectivity index is 1.32. The molecule has 0 saturated heterocycles. The molecule has 0 aromatic heterocycles. The van der Waals surface area contributed by atoms with Crippen LogP contribution in [-0.2, 0) is 22.4 Å². The number of nitrogens with zero attached hydrogens (tertiary/aromatic N) is 1. The van der Waals surface area contributed by atoms with E-state index < -0.39 is 17.9 Å². The number of carbonyl (C=O) groups excluding carboxylic acids is 2. The standard InChI is InChI=1S/C28H32Cl2N4O4/c29-21-6-2-7-22(30)25(21)26(36)34-23(27(37)38)14-17-8-10-18(11-9-17)15-24(35)19-4-1-5-20(16-19)33-28-31-12-3-13-32-28/h2,6-11,19-20,23H,1,3-5,12-16H2,(H,34,36)(H,37,38)(H2,31,32,33)/t19-,20+,23+/m1/s1. The predicted molar refractivity (Wildman–Crippen MR) is 148 cm³/mol. The van der Waals surface area contributed by atoms with Gasteiger partial charge in [-0.2, -0.15) is 0 Å². The van der Waals surface area contributed by atoms with Crippen LogP contribution < -0.4 is 16.0 Å². The number of aliphatic imine (C=N–C) groups is 1. The number of rotatable bonds is 9. The summed E-state index contributed by atoms with van der Waals surface area (Å²) in [6.07, 6.45) is 5.17. The number of nitrogens with one attached hydrogen (secondary N) is 3. The summed E-state index contributed by atoms with van der Waals surface area (Å²) in [5, 5.41) is 19.2. The van der Waals surface area contributed by atoms with Crippen molar-refractivity contribution in [1.82, 2.24) is 16.0 Å². The lowest BCUT2D eigenvalue weighted by molar-refractivity contribution is -0.139. The molecule has 4 rings (SSSR count). The second-order valence-corrected chi connectivity index (χ2v) is 10.7. The molecule has 1 aliphatic carbocycles. The smallest absolute Gasteiger partial charge is 0.326 e. The van der Waals surface area contributed by atoms with Gasteiger partial charge in [-0.05, 0) is 48.9 Å². The second kappa shape index (κ2) is 13.1. The Labute approximate surface area is 232 Å². The zero-order chi connectivity index (χ0) is 27.1. The first-order valence-corrected chi connectivity index (χ1v) is 13.7. The van der Waals surface area contributed by atoms with Crippen LogP contribution in [0.5, 0.6) is 0 Å². The SMILES string of the molecule is O=C(N[C@@H](Cc1ccc(CC(=O)[C@@H]2CCC[C@H](NC3=NCCCN3)C2)cc1)C(=O)O)c1c(Cl)cccc1Cl. The van der Waals surface area contributed by atoms with Gasteiger partial charge in [0, 0.05) is 37.9 Å². The molecule has 10 heteroatoms. The minimum absolute atomic E-state index is 0.00774. The van der Waals surface area contributed by atoms with Crippen molar-refractivity contribution in [2.75, 3.05) is 13.1 Å². The summed E-state index contributed by atoms with van der Waals surface area (Å²) in [6.45, 7) is 1.75. The number of carboxylic acids is 1. The number of aliphatic carboxylic acids is 1. The Bertz CT molecular complexity index is 1180. The van der Waals surface area contributed by atoms with Crippen LogP contribution in [-0.4, -0.2) is 53.9 Å². The number of guanidine groups is 1. The molecule has 0 bridgehead atoms. The first-order valence-electron chi connectivity index (χ1n) is 12.9. The monoisotopic (exact) mass is 558 g/mol. The summed E-state index contributed by atoms with van der Waals surface area (Å²) in [5.74, 6) is -0.753. The van der Waals surface area contributed by atoms with Crippen LogP contribution in [0.25, 0.3) is 0 Å². The number of carbonyl (C=O) groups is 3. The van der Waals surface area contributed by atoms with Crippen LogP contribution in [0, 0.1) is 5.92 Å². The number of hydrogen-bond acceptors (Lipinski definition) is 6. The summed E-state index contributed by atoms with van der Waals surface area (Å²) in [5.41, 5.74) is 1.65. The van der Waals surface area contributed by atoms with E-state index in [1.165, 1.54) is 12.1 Å². The third-order valence-corrected chi connectivity index (χ3v) is 7.63. The van der Waals surface area contributed by atoms with E-state index in [0.717, 1.165) is 62.3 Å². The summed E-state index contributed by atoms with van der Waals surface area (Å²) < 4.78 is 0. The van der Waals surface area contributed by atoms with Gasteiger partial charge in [-0.3, -0.25) is 14.6 Å². The van der Waals surface area contributed by atoms with E-state index in [1.807, 2.05) is 12.1 Å². The van der Waals surface area contributed by atoms with Crippen molar-refractivity contribution < 1.29 is 19.5 Å². The van der Waals surface area contributed by atoms with Crippen molar-refractivity contribution >= 4 is 46.8 Å². The van der Waals surface area contributed by atoms with Gasteiger partial charge in [0.2, 0.25) is 0 Å². The summed E-state index contributed by atoms with van der Waals surface area (Å²) in [7, 11) is 0. The zero-order valence-electron chi connectivity index (χ0n) is 21.0. The highest BCUT2D eigenvalue weighted by Crippen LogP contribution is 2.27. The van der Waals surface area contributed by atoms with Gasteiger partial charge in [0.15, 0.2) is 5.96 Å². The van der Waals surface area contributed by atoms with Crippen molar-refractivity contribution in [3.05, 3.63) is 69.2 Å². The number of carboxylic acid groups (broad SMARTS) is 1. The summed E-state index contributed by atoms with van der Waals surface area (Å²) in [4.78, 5) is 42.0. The van der Waals surface area contributed by atoms with Gasteiger partial charge >= 0.3 is 5.97 Å². The Morgan fingerprint density at radius 3 is 2.39 bits per heavy atom. The van der Waals surface area contributed by atoms with Gasteiger partial charge < -0.3 is 21.1 Å². The quantitative estimate of drug-likeness (QED) is 0.369. The fourth-order valence-corrected chi connectivity index (χ4v) is 5.52. The number of Topliss-reactive ketones (excluding diaryl/α,β-unsaturated/α-hetero) is 1. The Kier molecular flexibility index (Phi) is 9.63. The van der Waals surface area contributed by atoms with Gasteiger partial charge in [0.05, 0.1) is 15.6 Å². The van der Waals surface area contributed by atoms with Crippen LogP contribution in [0.15, 0.2) is 47.5 Å². The molecule has 1 fully saturated rings.